The Hall–Kier alpha value is -3.20. The molecule has 0 radical (unpaired) electrons. The Balaban J connectivity index is 1.51. The van der Waals surface area contributed by atoms with Crippen molar-refractivity contribution in [1.29, 1.82) is 5.26 Å². The number of rotatable bonds is 9. The molecule has 1 saturated heterocycles. The fourth-order valence-electron chi connectivity index (χ4n) is 4.36. The Morgan fingerprint density at radius 2 is 1.86 bits per heavy atom. The van der Waals surface area contributed by atoms with E-state index in [0.29, 0.717) is 5.76 Å². The number of hydrogen-bond acceptors (Lipinski definition) is 8. The first kappa shape index (κ1) is 26.9. The smallest absolute Gasteiger partial charge is 0.250 e. The van der Waals surface area contributed by atoms with Crippen molar-refractivity contribution in [2.75, 3.05) is 31.1 Å². The molecule has 9 nitrogen and oxygen atoms in total. The molecule has 37 heavy (non-hydrogen) atoms. The first-order chi connectivity index (χ1) is 17.7. The summed E-state index contributed by atoms with van der Waals surface area (Å²) in [5, 5.41) is 31.4. The number of fused-ring (bicyclic) bond motifs is 1. The SMILES string of the molecule is CCN(CC)c1ccc2cc(-c3ccc(/C=C(\C#N)S(=O)(=O)NC[C@H]4OCC[C@@H](O)[C@@H]4O)o3)ccc2c1. The average molecular weight is 526 g/mol. The van der Waals surface area contributed by atoms with Crippen LogP contribution in [-0.4, -0.2) is 63.2 Å². The van der Waals surface area contributed by atoms with Gasteiger partial charge in [-0.2, -0.15) is 5.26 Å². The molecular weight excluding hydrogens is 494 g/mol. The van der Waals surface area contributed by atoms with Gasteiger partial charge in [0.1, 0.15) is 23.7 Å². The second-order valence-corrected chi connectivity index (χ2v) is 10.6. The van der Waals surface area contributed by atoms with E-state index in [1.165, 1.54) is 0 Å². The third-order valence-corrected chi connectivity index (χ3v) is 7.87. The van der Waals surface area contributed by atoms with Crippen LogP contribution in [0.15, 0.2) is 57.9 Å². The second-order valence-electron chi connectivity index (χ2n) is 8.85. The van der Waals surface area contributed by atoms with Crippen molar-refractivity contribution in [3.05, 3.63) is 59.2 Å². The predicted molar refractivity (Wildman–Crippen MR) is 142 cm³/mol. The number of hydrogen-bond donors (Lipinski definition) is 3. The number of ether oxygens (including phenoxy) is 1. The molecule has 1 fully saturated rings. The Bertz CT molecular complexity index is 1420. The molecule has 3 aromatic rings. The van der Waals surface area contributed by atoms with Crippen molar-refractivity contribution in [2.24, 2.45) is 0 Å². The van der Waals surface area contributed by atoms with Crippen molar-refractivity contribution >= 4 is 32.6 Å². The Morgan fingerprint density at radius 1 is 1.14 bits per heavy atom. The molecule has 0 aliphatic carbocycles. The number of furan rings is 1. The maximum absolute atomic E-state index is 12.7. The zero-order valence-electron chi connectivity index (χ0n) is 20.8. The average Bonchev–Trinajstić information content (AvgIpc) is 3.37. The fourth-order valence-corrected chi connectivity index (χ4v) is 5.29. The summed E-state index contributed by atoms with van der Waals surface area (Å²) in [6, 6.07) is 17.3. The summed E-state index contributed by atoms with van der Waals surface area (Å²) in [6.45, 7) is 6.03. The maximum atomic E-state index is 12.7. The van der Waals surface area contributed by atoms with Gasteiger partial charge in [-0.3, -0.25) is 0 Å². The summed E-state index contributed by atoms with van der Waals surface area (Å²) in [4.78, 5) is 1.74. The molecule has 0 bridgehead atoms. The van der Waals surface area contributed by atoms with Crippen molar-refractivity contribution < 1.29 is 27.8 Å². The molecule has 4 rings (SSSR count). The second kappa shape index (κ2) is 11.5. The lowest BCUT2D eigenvalue weighted by atomic mass is 10.0. The normalized spacial score (nSPS) is 20.6. The van der Waals surface area contributed by atoms with E-state index in [4.69, 9.17) is 9.15 Å². The lowest BCUT2D eigenvalue weighted by Gasteiger charge is -2.31. The quantitative estimate of drug-likeness (QED) is 0.362. The molecular formula is C27H31N3O6S. The number of sulfonamides is 1. The third-order valence-electron chi connectivity index (χ3n) is 6.53. The first-order valence-electron chi connectivity index (χ1n) is 12.2. The van der Waals surface area contributed by atoms with Gasteiger partial charge < -0.3 is 24.3 Å². The van der Waals surface area contributed by atoms with Crippen LogP contribution in [0.5, 0.6) is 0 Å². The standard InChI is InChI=1S/C27H31N3O6S/c1-3-30(4-2)21-8-7-18-13-20(6-5-19(18)14-21)25-10-9-22(36-25)15-23(16-28)37(33,34)29-17-26-27(32)24(31)11-12-35-26/h5-10,13-15,24,26-27,29,31-32H,3-4,11-12,17H2,1-2H3/b23-15+/t24-,26-,27+/m1/s1. The molecule has 2 aromatic carbocycles. The molecule has 3 N–H and O–H groups in total. The number of allylic oxidation sites excluding steroid dienone is 1. The molecule has 0 unspecified atom stereocenters. The van der Waals surface area contributed by atoms with Crippen LogP contribution in [-0.2, 0) is 14.8 Å². The van der Waals surface area contributed by atoms with E-state index in [0.717, 1.165) is 41.2 Å². The monoisotopic (exact) mass is 525 g/mol. The number of nitrogens with one attached hydrogen (secondary N) is 1. The van der Waals surface area contributed by atoms with Crippen LogP contribution < -0.4 is 9.62 Å². The van der Waals surface area contributed by atoms with E-state index < -0.39 is 33.2 Å². The first-order valence-corrected chi connectivity index (χ1v) is 13.7. The van der Waals surface area contributed by atoms with Gasteiger partial charge >= 0.3 is 0 Å². The van der Waals surface area contributed by atoms with Crippen LogP contribution in [0, 0.1) is 11.3 Å². The van der Waals surface area contributed by atoms with E-state index in [2.05, 4.69) is 41.7 Å². The molecule has 0 amide bonds. The summed E-state index contributed by atoms with van der Waals surface area (Å²) in [5.74, 6) is 0.745. The lowest BCUT2D eigenvalue weighted by Crippen LogP contribution is -2.49. The predicted octanol–water partition coefficient (Wildman–Crippen LogP) is 3.24. The van der Waals surface area contributed by atoms with Gasteiger partial charge in [0.15, 0.2) is 4.91 Å². The minimum atomic E-state index is -4.20. The Morgan fingerprint density at radius 3 is 2.59 bits per heavy atom. The Labute approximate surface area is 216 Å². The molecule has 1 aliphatic heterocycles. The zero-order chi connectivity index (χ0) is 26.6. The van der Waals surface area contributed by atoms with Gasteiger partial charge in [-0.15, -0.1) is 0 Å². The van der Waals surface area contributed by atoms with Crippen LogP contribution in [0.2, 0.25) is 0 Å². The van der Waals surface area contributed by atoms with Crippen molar-refractivity contribution in [3.8, 4) is 17.4 Å². The zero-order valence-corrected chi connectivity index (χ0v) is 21.6. The van der Waals surface area contributed by atoms with E-state index in [-0.39, 0.29) is 25.3 Å². The summed E-state index contributed by atoms with van der Waals surface area (Å²) >= 11 is 0. The van der Waals surface area contributed by atoms with Gasteiger partial charge in [0.05, 0.1) is 12.2 Å². The van der Waals surface area contributed by atoms with Gasteiger partial charge in [0, 0.05) is 43.6 Å². The van der Waals surface area contributed by atoms with Crippen LogP contribution in [0.4, 0.5) is 5.69 Å². The highest BCUT2D eigenvalue weighted by Crippen LogP contribution is 2.29. The van der Waals surface area contributed by atoms with Gasteiger partial charge in [-0.1, -0.05) is 18.2 Å². The summed E-state index contributed by atoms with van der Waals surface area (Å²) in [6.07, 6.45) is -1.70. The third kappa shape index (κ3) is 6.04. The van der Waals surface area contributed by atoms with Crippen molar-refractivity contribution in [2.45, 2.75) is 38.6 Å². The number of anilines is 1. The fraction of sp³-hybridized carbons (Fsp3) is 0.370. The van der Waals surface area contributed by atoms with Gasteiger partial charge in [0.2, 0.25) is 0 Å². The maximum Gasteiger partial charge on any atom is 0.250 e. The molecule has 0 saturated carbocycles. The van der Waals surface area contributed by atoms with E-state index in [9.17, 15) is 23.9 Å². The highest BCUT2D eigenvalue weighted by molar-refractivity contribution is 7.93. The molecule has 196 valence electrons. The summed E-state index contributed by atoms with van der Waals surface area (Å²) in [5.41, 5.74) is 1.99. The highest BCUT2D eigenvalue weighted by Gasteiger charge is 2.32. The topological polar surface area (TPSA) is 136 Å². The molecule has 2 heterocycles. The Kier molecular flexibility index (Phi) is 8.32. The molecule has 10 heteroatoms. The largest absolute Gasteiger partial charge is 0.457 e. The number of aliphatic hydroxyl groups excluding tert-OH is 2. The van der Waals surface area contributed by atoms with Crippen molar-refractivity contribution in [3.63, 3.8) is 0 Å². The minimum Gasteiger partial charge on any atom is -0.457 e. The van der Waals surface area contributed by atoms with Gasteiger partial charge in [-0.25, -0.2) is 13.1 Å². The van der Waals surface area contributed by atoms with Crippen LogP contribution in [0.25, 0.3) is 28.2 Å². The van der Waals surface area contributed by atoms with Gasteiger partial charge in [-0.05, 0) is 61.4 Å². The molecule has 3 atom stereocenters. The van der Waals surface area contributed by atoms with Gasteiger partial charge in [0.25, 0.3) is 10.0 Å². The number of benzene rings is 2. The van der Waals surface area contributed by atoms with Crippen LogP contribution in [0.3, 0.4) is 0 Å². The minimum absolute atomic E-state index is 0.201. The molecule has 1 aromatic heterocycles. The highest BCUT2D eigenvalue weighted by atomic mass is 32.2. The van der Waals surface area contributed by atoms with E-state index in [1.54, 1.807) is 18.2 Å². The summed E-state index contributed by atoms with van der Waals surface area (Å²) in [7, 11) is -4.20. The van der Waals surface area contributed by atoms with E-state index in [1.807, 2.05) is 18.2 Å². The van der Waals surface area contributed by atoms with Crippen LogP contribution >= 0.6 is 0 Å². The van der Waals surface area contributed by atoms with Crippen LogP contribution in [0.1, 0.15) is 26.0 Å². The van der Waals surface area contributed by atoms with E-state index >= 15 is 0 Å². The number of nitrogens with zero attached hydrogens (tertiary/aromatic N) is 2. The number of aliphatic hydroxyl groups is 2. The summed E-state index contributed by atoms with van der Waals surface area (Å²) < 4.78 is 38.8. The number of nitriles is 1. The lowest BCUT2D eigenvalue weighted by molar-refractivity contribution is -0.131. The van der Waals surface area contributed by atoms with Crippen molar-refractivity contribution in [1.82, 2.24) is 4.72 Å². The molecule has 1 aliphatic rings. The molecule has 0 spiro atoms.